The van der Waals surface area contributed by atoms with E-state index < -0.39 is 0 Å². The number of pyridine rings is 1. The number of hydrogen-bond donors (Lipinski definition) is 1. The molecule has 0 radical (unpaired) electrons. The number of benzene rings is 2. The average molecular weight is 499 g/mol. The molecule has 0 spiro atoms. The highest BCUT2D eigenvalue weighted by Crippen LogP contribution is 2.45. The Morgan fingerprint density at radius 1 is 1.00 bits per heavy atom. The fourth-order valence-corrected chi connectivity index (χ4v) is 4.99. The highest BCUT2D eigenvalue weighted by molar-refractivity contribution is 5.99. The molecule has 7 heteroatoms. The van der Waals surface area contributed by atoms with Crippen LogP contribution in [0, 0.1) is 6.92 Å². The molecular weight excluding hydrogens is 472 g/mol. The Morgan fingerprint density at radius 3 is 2.19 bits per heavy atom. The number of aryl methyl sites for hydroxylation is 1. The zero-order valence-electron chi connectivity index (χ0n) is 20.2. The van der Waals surface area contributed by atoms with Gasteiger partial charge in [-0.15, -0.1) is 12.4 Å². The summed E-state index contributed by atoms with van der Waals surface area (Å²) in [6.45, 7) is 1.97. The number of nitrogen functional groups attached to an aromatic ring is 1. The number of nitrogens with two attached hydrogens (primary N) is 1. The highest BCUT2D eigenvalue weighted by atomic mass is 35.5. The van der Waals surface area contributed by atoms with Crippen molar-refractivity contribution >= 4 is 29.2 Å². The molecule has 2 aromatic carbocycles. The van der Waals surface area contributed by atoms with E-state index in [1.165, 1.54) is 0 Å². The third kappa shape index (κ3) is 3.69. The number of nitrogens with zero attached hydrogens (tertiary/aromatic N) is 3. The first-order valence-electron chi connectivity index (χ1n) is 11.9. The van der Waals surface area contributed by atoms with Crippen molar-refractivity contribution in [2.45, 2.75) is 32.1 Å². The molecule has 1 aliphatic rings. The van der Waals surface area contributed by atoms with Gasteiger partial charge in [0.2, 0.25) is 5.43 Å². The van der Waals surface area contributed by atoms with Crippen LogP contribution in [-0.4, -0.2) is 14.8 Å². The summed E-state index contributed by atoms with van der Waals surface area (Å²) in [6, 6.07) is 19.5. The Hall–Kier alpha value is -3.90. The number of halogens is 1. The van der Waals surface area contributed by atoms with E-state index in [1.54, 1.807) is 10.9 Å². The quantitative estimate of drug-likeness (QED) is 0.305. The standard InChI is InChI=1S/C29H26N4O2.ClH/c1-17-21(16-31-33(17)2)25-28-24(22(29(30)32-25)18-14-9-15-18)26(34)23(19-10-5-3-6-11-19)27(35-28)20-12-7-4-8-13-20;/h3-8,10-13,16,18H,9,14-15H2,1-2H3,(H2,30,32);1H. The van der Waals surface area contributed by atoms with Gasteiger partial charge in [0.25, 0.3) is 0 Å². The van der Waals surface area contributed by atoms with Gasteiger partial charge in [-0.05, 0) is 31.2 Å². The first-order chi connectivity index (χ1) is 17.0. The van der Waals surface area contributed by atoms with Crippen molar-refractivity contribution in [1.29, 1.82) is 0 Å². The Morgan fingerprint density at radius 2 is 1.64 bits per heavy atom. The van der Waals surface area contributed by atoms with Crippen molar-refractivity contribution in [3.63, 3.8) is 0 Å². The minimum atomic E-state index is -0.0740. The van der Waals surface area contributed by atoms with E-state index in [-0.39, 0.29) is 23.8 Å². The van der Waals surface area contributed by atoms with Crippen LogP contribution in [-0.2, 0) is 7.05 Å². The smallest absolute Gasteiger partial charge is 0.201 e. The van der Waals surface area contributed by atoms with Gasteiger partial charge in [0.05, 0.1) is 17.1 Å². The maximum Gasteiger partial charge on any atom is 0.201 e. The summed E-state index contributed by atoms with van der Waals surface area (Å²) >= 11 is 0. The third-order valence-corrected chi connectivity index (χ3v) is 7.21. The summed E-state index contributed by atoms with van der Waals surface area (Å²) in [6.07, 6.45) is 4.86. The van der Waals surface area contributed by atoms with E-state index in [4.69, 9.17) is 15.1 Å². The van der Waals surface area contributed by atoms with Crippen LogP contribution in [0.1, 0.15) is 36.4 Å². The summed E-state index contributed by atoms with van der Waals surface area (Å²) in [5.41, 5.74) is 12.3. The number of hydrogen-bond acceptors (Lipinski definition) is 5. The fraction of sp³-hybridized carbons (Fsp3) is 0.207. The third-order valence-electron chi connectivity index (χ3n) is 7.21. The van der Waals surface area contributed by atoms with Gasteiger partial charge < -0.3 is 10.2 Å². The van der Waals surface area contributed by atoms with E-state index in [1.807, 2.05) is 74.6 Å². The summed E-state index contributed by atoms with van der Waals surface area (Å²) in [5.74, 6) is 1.14. The maximum absolute atomic E-state index is 14.5. The predicted molar refractivity (Wildman–Crippen MR) is 146 cm³/mol. The average Bonchev–Trinajstić information content (AvgIpc) is 3.18. The van der Waals surface area contributed by atoms with Gasteiger partial charge in [-0.3, -0.25) is 9.48 Å². The van der Waals surface area contributed by atoms with E-state index in [0.717, 1.165) is 47.2 Å². The number of fused-ring (bicyclic) bond motifs is 1. The van der Waals surface area contributed by atoms with E-state index in [2.05, 4.69) is 5.10 Å². The highest BCUT2D eigenvalue weighted by Gasteiger charge is 2.31. The molecule has 3 heterocycles. The van der Waals surface area contributed by atoms with Crippen molar-refractivity contribution in [3.05, 3.63) is 88.3 Å². The van der Waals surface area contributed by atoms with Crippen molar-refractivity contribution in [2.24, 2.45) is 7.05 Å². The lowest BCUT2D eigenvalue weighted by Gasteiger charge is -2.28. The SMILES string of the molecule is Cc1c(-c2nc(N)c(C3CCC3)c3c(=O)c(-c4ccccc4)c(-c4ccccc4)oc23)cnn1C.Cl. The molecule has 0 bridgehead atoms. The molecule has 6 rings (SSSR count). The van der Waals surface area contributed by atoms with Gasteiger partial charge in [-0.1, -0.05) is 67.1 Å². The Labute approximate surface area is 215 Å². The molecule has 0 atom stereocenters. The second-order valence-corrected chi connectivity index (χ2v) is 9.23. The lowest BCUT2D eigenvalue weighted by molar-refractivity contribution is 0.422. The van der Waals surface area contributed by atoms with Crippen molar-refractivity contribution in [3.8, 4) is 33.7 Å². The van der Waals surface area contributed by atoms with Crippen molar-refractivity contribution in [1.82, 2.24) is 14.8 Å². The zero-order chi connectivity index (χ0) is 24.1. The molecule has 36 heavy (non-hydrogen) atoms. The Kier molecular flexibility index (Phi) is 6.14. The Balaban J connectivity index is 0.00000267. The van der Waals surface area contributed by atoms with Crippen LogP contribution in [0.3, 0.4) is 0 Å². The molecular formula is C29H27ClN4O2. The topological polar surface area (TPSA) is 86.9 Å². The van der Waals surface area contributed by atoms with E-state index >= 15 is 0 Å². The molecule has 0 saturated heterocycles. The van der Waals surface area contributed by atoms with Gasteiger partial charge >= 0.3 is 0 Å². The van der Waals surface area contributed by atoms with Crippen LogP contribution in [0.2, 0.25) is 0 Å². The molecule has 1 fully saturated rings. The number of rotatable bonds is 4. The van der Waals surface area contributed by atoms with E-state index in [0.29, 0.717) is 33.8 Å². The maximum atomic E-state index is 14.5. The molecule has 182 valence electrons. The minimum Gasteiger partial charge on any atom is -0.453 e. The normalized spacial score (nSPS) is 13.4. The van der Waals surface area contributed by atoms with Crippen LogP contribution in [0.4, 0.5) is 5.82 Å². The number of aromatic nitrogens is 3. The van der Waals surface area contributed by atoms with Gasteiger partial charge in [0.15, 0.2) is 5.58 Å². The Bertz CT molecular complexity index is 1620. The fourth-order valence-electron chi connectivity index (χ4n) is 4.99. The molecule has 2 N–H and O–H groups in total. The van der Waals surface area contributed by atoms with Gasteiger partial charge in [-0.25, -0.2) is 4.98 Å². The molecule has 0 aliphatic heterocycles. The molecule has 0 amide bonds. The van der Waals surface area contributed by atoms with Crippen molar-refractivity contribution in [2.75, 3.05) is 5.73 Å². The number of anilines is 1. The van der Waals surface area contributed by atoms with Crippen LogP contribution >= 0.6 is 12.4 Å². The van der Waals surface area contributed by atoms with Crippen molar-refractivity contribution < 1.29 is 4.42 Å². The molecule has 5 aromatic rings. The molecule has 1 saturated carbocycles. The summed E-state index contributed by atoms with van der Waals surface area (Å²) in [5, 5.41) is 4.94. The summed E-state index contributed by atoms with van der Waals surface area (Å²) < 4.78 is 8.51. The lowest BCUT2D eigenvalue weighted by Crippen LogP contribution is -2.18. The summed E-state index contributed by atoms with van der Waals surface area (Å²) in [7, 11) is 1.88. The molecule has 0 unspecified atom stereocenters. The van der Waals surface area contributed by atoms with Crippen LogP contribution in [0.25, 0.3) is 44.7 Å². The van der Waals surface area contributed by atoms with E-state index in [9.17, 15) is 4.79 Å². The van der Waals surface area contributed by atoms with Crippen LogP contribution in [0.15, 0.2) is 76.1 Å². The van der Waals surface area contributed by atoms with Crippen LogP contribution in [0.5, 0.6) is 0 Å². The monoisotopic (exact) mass is 498 g/mol. The largest absolute Gasteiger partial charge is 0.453 e. The molecule has 6 nitrogen and oxygen atoms in total. The van der Waals surface area contributed by atoms with Crippen LogP contribution < -0.4 is 11.2 Å². The second kappa shape index (κ2) is 9.28. The molecule has 3 aromatic heterocycles. The summed E-state index contributed by atoms with van der Waals surface area (Å²) in [4.78, 5) is 19.3. The zero-order valence-corrected chi connectivity index (χ0v) is 21.0. The van der Waals surface area contributed by atoms with Gasteiger partial charge in [-0.2, -0.15) is 5.10 Å². The first kappa shape index (κ1) is 23.8. The van der Waals surface area contributed by atoms with Gasteiger partial charge in [0, 0.05) is 29.4 Å². The van der Waals surface area contributed by atoms with Gasteiger partial charge in [0.1, 0.15) is 17.3 Å². The minimum absolute atomic E-state index is 0. The lowest BCUT2D eigenvalue weighted by atomic mass is 9.78. The second-order valence-electron chi connectivity index (χ2n) is 9.23. The first-order valence-corrected chi connectivity index (χ1v) is 11.9. The molecule has 1 aliphatic carbocycles. The predicted octanol–water partition coefficient (Wildman–Crippen LogP) is 6.50.